The summed E-state index contributed by atoms with van der Waals surface area (Å²) in [5.74, 6) is 0.678. The highest BCUT2D eigenvalue weighted by Crippen LogP contribution is 2.28. The van der Waals surface area contributed by atoms with Gasteiger partial charge < -0.3 is 0 Å². The van der Waals surface area contributed by atoms with Gasteiger partial charge in [0, 0.05) is 16.3 Å². The molecule has 1 unspecified atom stereocenters. The molecule has 72 valence electrons. The second-order valence-electron chi connectivity index (χ2n) is 3.38. The second kappa shape index (κ2) is 4.87. The van der Waals surface area contributed by atoms with Gasteiger partial charge in [-0.2, -0.15) is 0 Å². The van der Waals surface area contributed by atoms with Gasteiger partial charge in [0.05, 0.1) is 0 Å². The maximum absolute atomic E-state index is 5.78. The van der Waals surface area contributed by atoms with Gasteiger partial charge in [-0.25, -0.2) is 4.98 Å². The molecule has 1 aromatic rings. The Morgan fingerprint density at radius 1 is 1.38 bits per heavy atom. The van der Waals surface area contributed by atoms with Crippen molar-refractivity contribution in [3.8, 4) is 0 Å². The molecule has 0 radical (unpaired) electrons. The lowest BCUT2D eigenvalue weighted by molar-refractivity contribution is 0.642. The van der Waals surface area contributed by atoms with Gasteiger partial charge in [0.25, 0.3) is 0 Å². The number of aromatic nitrogens is 1. The van der Waals surface area contributed by atoms with Gasteiger partial charge in [0.15, 0.2) is 0 Å². The van der Waals surface area contributed by atoms with E-state index in [9.17, 15) is 0 Å². The molecule has 3 heteroatoms. The number of nitrogens with zero attached hydrogens (tertiary/aromatic N) is 1. The number of hydrogen-bond donors (Lipinski definition) is 0. The predicted molar refractivity (Wildman–Crippen MR) is 59.4 cm³/mol. The molecule has 1 rings (SSSR count). The van der Waals surface area contributed by atoms with E-state index >= 15 is 0 Å². The lowest BCUT2D eigenvalue weighted by Crippen LogP contribution is -2.04. The topological polar surface area (TPSA) is 12.9 Å². The average molecular weight is 216 g/mol. The zero-order valence-electron chi connectivity index (χ0n) is 8.12. The minimum Gasteiger partial charge on any atom is -0.244 e. The Bertz CT molecular complexity index is 275. The third kappa shape index (κ3) is 3.57. The zero-order chi connectivity index (χ0) is 9.84. The SMILES string of the molecule is CC(C)C(C)Sc1ccnc(Cl)c1. The van der Waals surface area contributed by atoms with Crippen LogP contribution in [0.1, 0.15) is 20.8 Å². The van der Waals surface area contributed by atoms with Crippen molar-refractivity contribution >= 4 is 23.4 Å². The predicted octanol–water partition coefficient (Wildman–Crippen LogP) is 3.87. The number of hydrogen-bond acceptors (Lipinski definition) is 2. The van der Waals surface area contributed by atoms with E-state index in [2.05, 4.69) is 25.8 Å². The fourth-order valence-electron chi connectivity index (χ4n) is 0.809. The molecule has 0 amide bonds. The molecular weight excluding hydrogens is 202 g/mol. The van der Waals surface area contributed by atoms with E-state index < -0.39 is 0 Å². The van der Waals surface area contributed by atoms with Crippen LogP contribution in [0.25, 0.3) is 0 Å². The summed E-state index contributed by atoms with van der Waals surface area (Å²) in [6, 6.07) is 3.90. The van der Waals surface area contributed by atoms with E-state index in [1.807, 2.05) is 23.9 Å². The molecule has 0 saturated carbocycles. The summed E-state index contributed by atoms with van der Waals surface area (Å²) in [4.78, 5) is 5.14. The van der Waals surface area contributed by atoms with E-state index in [-0.39, 0.29) is 0 Å². The first kappa shape index (κ1) is 10.9. The summed E-state index contributed by atoms with van der Waals surface area (Å²) in [6.07, 6.45) is 1.75. The van der Waals surface area contributed by atoms with E-state index in [1.54, 1.807) is 6.20 Å². The highest BCUT2D eigenvalue weighted by Gasteiger charge is 2.08. The largest absolute Gasteiger partial charge is 0.244 e. The first-order chi connectivity index (χ1) is 6.09. The normalized spacial score (nSPS) is 13.3. The average Bonchev–Trinajstić information content (AvgIpc) is 2.04. The monoisotopic (exact) mass is 215 g/mol. The van der Waals surface area contributed by atoms with E-state index in [4.69, 9.17) is 11.6 Å². The molecule has 0 aliphatic heterocycles. The van der Waals surface area contributed by atoms with Crippen LogP contribution in [-0.4, -0.2) is 10.2 Å². The minimum absolute atomic E-state index is 0.570. The lowest BCUT2D eigenvalue weighted by atomic mass is 10.2. The van der Waals surface area contributed by atoms with Crippen LogP contribution < -0.4 is 0 Å². The van der Waals surface area contributed by atoms with Crippen LogP contribution in [0.15, 0.2) is 23.2 Å². The molecule has 0 fully saturated rings. The van der Waals surface area contributed by atoms with E-state index in [1.165, 1.54) is 4.90 Å². The Morgan fingerprint density at radius 2 is 2.08 bits per heavy atom. The molecule has 1 atom stereocenters. The Balaban J connectivity index is 2.64. The molecule has 1 heterocycles. The quantitative estimate of drug-likeness (QED) is 0.561. The molecule has 0 N–H and O–H groups in total. The zero-order valence-corrected chi connectivity index (χ0v) is 9.69. The van der Waals surface area contributed by atoms with Gasteiger partial charge in [-0.05, 0) is 18.1 Å². The van der Waals surface area contributed by atoms with Crippen molar-refractivity contribution < 1.29 is 0 Å². The van der Waals surface area contributed by atoms with Crippen molar-refractivity contribution in [2.45, 2.75) is 30.9 Å². The Morgan fingerprint density at radius 3 is 2.62 bits per heavy atom. The maximum atomic E-state index is 5.78. The molecule has 13 heavy (non-hydrogen) atoms. The number of pyridine rings is 1. The molecule has 0 aliphatic carbocycles. The van der Waals surface area contributed by atoms with Crippen LogP contribution in [0.2, 0.25) is 5.15 Å². The first-order valence-corrected chi connectivity index (χ1v) is 5.63. The molecule has 0 spiro atoms. The van der Waals surface area contributed by atoms with Gasteiger partial charge in [0.2, 0.25) is 0 Å². The second-order valence-corrected chi connectivity index (χ2v) is 5.22. The standard InChI is InChI=1S/C10H14ClNS/c1-7(2)8(3)13-9-4-5-12-10(11)6-9/h4-8H,1-3H3. The fourth-order valence-corrected chi connectivity index (χ4v) is 2.07. The molecule has 0 aromatic carbocycles. The summed E-state index contributed by atoms with van der Waals surface area (Å²) in [6.45, 7) is 6.67. The van der Waals surface area contributed by atoms with Gasteiger partial charge in [0.1, 0.15) is 5.15 Å². The fraction of sp³-hybridized carbons (Fsp3) is 0.500. The third-order valence-electron chi connectivity index (χ3n) is 1.96. The van der Waals surface area contributed by atoms with Crippen molar-refractivity contribution in [2.24, 2.45) is 5.92 Å². The van der Waals surface area contributed by atoms with Crippen LogP contribution in [-0.2, 0) is 0 Å². The molecule has 0 bridgehead atoms. The van der Waals surface area contributed by atoms with Gasteiger partial charge in [-0.1, -0.05) is 32.4 Å². The smallest absolute Gasteiger partial charge is 0.130 e. The number of halogens is 1. The minimum atomic E-state index is 0.570. The molecule has 1 aromatic heterocycles. The molecular formula is C10H14ClNS. The molecule has 0 saturated heterocycles. The maximum Gasteiger partial charge on any atom is 0.130 e. The van der Waals surface area contributed by atoms with Gasteiger partial charge in [-0.15, -0.1) is 11.8 Å². The summed E-state index contributed by atoms with van der Waals surface area (Å²) in [5, 5.41) is 1.18. The third-order valence-corrected chi connectivity index (χ3v) is 3.61. The molecule has 1 nitrogen and oxygen atoms in total. The van der Waals surface area contributed by atoms with Crippen LogP contribution in [0.4, 0.5) is 0 Å². The van der Waals surface area contributed by atoms with Crippen LogP contribution >= 0.6 is 23.4 Å². The molecule has 0 aliphatic rings. The summed E-state index contributed by atoms with van der Waals surface area (Å²) in [7, 11) is 0. The van der Waals surface area contributed by atoms with Crippen molar-refractivity contribution in [3.63, 3.8) is 0 Å². The van der Waals surface area contributed by atoms with Crippen LogP contribution in [0, 0.1) is 5.92 Å². The number of rotatable bonds is 3. The van der Waals surface area contributed by atoms with E-state index in [0.717, 1.165) is 0 Å². The summed E-state index contributed by atoms with van der Waals surface area (Å²) in [5.41, 5.74) is 0. The number of thioether (sulfide) groups is 1. The Kier molecular flexibility index (Phi) is 4.07. The first-order valence-electron chi connectivity index (χ1n) is 4.38. The van der Waals surface area contributed by atoms with E-state index in [0.29, 0.717) is 16.3 Å². The Hall–Kier alpha value is -0.210. The van der Waals surface area contributed by atoms with Gasteiger partial charge in [-0.3, -0.25) is 0 Å². The van der Waals surface area contributed by atoms with Crippen LogP contribution in [0.3, 0.4) is 0 Å². The van der Waals surface area contributed by atoms with Crippen molar-refractivity contribution in [1.82, 2.24) is 4.98 Å². The highest BCUT2D eigenvalue weighted by molar-refractivity contribution is 8.00. The van der Waals surface area contributed by atoms with Crippen LogP contribution in [0.5, 0.6) is 0 Å². The van der Waals surface area contributed by atoms with Gasteiger partial charge >= 0.3 is 0 Å². The summed E-state index contributed by atoms with van der Waals surface area (Å²) < 4.78 is 0. The van der Waals surface area contributed by atoms with Crippen molar-refractivity contribution in [1.29, 1.82) is 0 Å². The lowest BCUT2D eigenvalue weighted by Gasteiger charge is -2.14. The Labute approximate surface area is 88.9 Å². The summed E-state index contributed by atoms with van der Waals surface area (Å²) >= 11 is 7.62. The highest BCUT2D eigenvalue weighted by atomic mass is 35.5. The van der Waals surface area contributed by atoms with Crippen molar-refractivity contribution in [2.75, 3.05) is 0 Å². The van der Waals surface area contributed by atoms with Crippen molar-refractivity contribution in [3.05, 3.63) is 23.5 Å².